The first-order chi connectivity index (χ1) is 7.22. The van der Waals surface area contributed by atoms with Crippen LogP contribution in [0.15, 0.2) is 6.20 Å². The van der Waals surface area contributed by atoms with E-state index in [1.807, 2.05) is 0 Å². The Bertz CT molecular complexity index is 393. The number of halogens is 5. The average Bonchev–Trinajstić information content (AvgIpc) is 2.08. The Kier molecular flexibility index (Phi) is 3.06. The maximum Gasteiger partial charge on any atom is 0.574 e. The van der Waals surface area contributed by atoms with Gasteiger partial charge in [0.1, 0.15) is 5.56 Å². The Balaban J connectivity index is 3.24. The van der Waals surface area contributed by atoms with Crippen LogP contribution in [0.2, 0.25) is 0 Å². The second-order valence-corrected chi connectivity index (χ2v) is 2.62. The largest absolute Gasteiger partial charge is 0.574 e. The molecule has 4 nitrogen and oxygen atoms in total. The number of anilines is 1. The summed E-state index contributed by atoms with van der Waals surface area (Å²) in [5, 5.41) is 8.91. The van der Waals surface area contributed by atoms with E-state index in [0.29, 0.717) is 6.20 Å². The third kappa shape index (κ3) is 2.61. The van der Waals surface area contributed by atoms with Gasteiger partial charge >= 0.3 is 6.36 Å². The minimum absolute atomic E-state index is 0.488. The van der Waals surface area contributed by atoms with Crippen molar-refractivity contribution in [3.05, 3.63) is 11.8 Å². The highest BCUT2D eigenvalue weighted by Gasteiger charge is 2.35. The van der Waals surface area contributed by atoms with E-state index in [1.54, 1.807) is 0 Å². The first-order valence-electron chi connectivity index (χ1n) is 3.73. The van der Waals surface area contributed by atoms with Crippen molar-refractivity contribution in [2.45, 2.75) is 12.8 Å². The van der Waals surface area contributed by atoms with Gasteiger partial charge in [0, 0.05) is 0 Å². The van der Waals surface area contributed by atoms with Crippen LogP contribution in [0.1, 0.15) is 12.0 Å². The first kappa shape index (κ1) is 12.3. The molecule has 0 atom stereocenters. The SMILES string of the molecule is Nc1c(O)cnc(OC(F)(F)F)c1C(F)F. The molecule has 1 aromatic heterocycles. The lowest BCUT2D eigenvalue weighted by atomic mass is 10.2. The molecule has 0 unspecified atom stereocenters. The third-order valence-electron chi connectivity index (χ3n) is 1.53. The third-order valence-corrected chi connectivity index (χ3v) is 1.53. The smallest absolute Gasteiger partial charge is 0.504 e. The van der Waals surface area contributed by atoms with Crippen LogP contribution in [0.4, 0.5) is 27.6 Å². The standard InChI is InChI=1S/C7H5F5N2O2/c8-5(9)3-4(13)2(15)1-14-6(3)16-7(10,11)12/h1,5,15H,(H2,13,14). The number of aromatic hydroxyl groups is 1. The first-order valence-corrected chi connectivity index (χ1v) is 3.73. The number of aromatic nitrogens is 1. The summed E-state index contributed by atoms with van der Waals surface area (Å²) in [5.74, 6) is -2.22. The van der Waals surface area contributed by atoms with Crippen molar-refractivity contribution in [3.8, 4) is 11.6 Å². The predicted octanol–water partition coefficient (Wildman–Crippen LogP) is 2.21. The molecule has 16 heavy (non-hydrogen) atoms. The van der Waals surface area contributed by atoms with Gasteiger partial charge in [-0.2, -0.15) is 0 Å². The summed E-state index contributed by atoms with van der Waals surface area (Å²) in [6, 6.07) is 0. The fourth-order valence-corrected chi connectivity index (χ4v) is 0.914. The molecule has 0 bridgehead atoms. The molecule has 0 aromatic carbocycles. The molecule has 0 spiro atoms. The van der Waals surface area contributed by atoms with Crippen LogP contribution in [0.3, 0.4) is 0 Å². The van der Waals surface area contributed by atoms with Crippen molar-refractivity contribution in [2.24, 2.45) is 0 Å². The molecule has 1 heterocycles. The quantitative estimate of drug-likeness (QED) is 0.782. The molecule has 1 aromatic rings. The lowest BCUT2D eigenvalue weighted by Gasteiger charge is -2.13. The van der Waals surface area contributed by atoms with Gasteiger partial charge in [-0.05, 0) is 0 Å². The minimum atomic E-state index is -5.17. The molecule has 0 saturated heterocycles. The molecular weight excluding hydrogens is 239 g/mol. The second kappa shape index (κ2) is 3.99. The highest BCUT2D eigenvalue weighted by molar-refractivity contribution is 5.60. The van der Waals surface area contributed by atoms with Gasteiger partial charge in [0.25, 0.3) is 6.43 Å². The predicted molar refractivity (Wildman–Crippen MR) is 42.0 cm³/mol. The highest BCUT2D eigenvalue weighted by atomic mass is 19.4. The summed E-state index contributed by atoms with van der Waals surface area (Å²) >= 11 is 0. The van der Waals surface area contributed by atoms with E-state index >= 15 is 0 Å². The van der Waals surface area contributed by atoms with Crippen LogP contribution in [-0.4, -0.2) is 16.5 Å². The van der Waals surface area contributed by atoms with E-state index in [9.17, 15) is 22.0 Å². The fourth-order valence-electron chi connectivity index (χ4n) is 0.914. The molecule has 0 aliphatic rings. The summed E-state index contributed by atoms with van der Waals surface area (Å²) in [7, 11) is 0. The van der Waals surface area contributed by atoms with Gasteiger partial charge in [0.2, 0.25) is 5.88 Å². The van der Waals surface area contributed by atoms with Crippen LogP contribution < -0.4 is 10.5 Å². The van der Waals surface area contributed by atoms with Gasteiger partial charge < -0.3 is 15.6 Å². The normalized spacial score (nSPS) is 11.9. The van der Waals surface area contributed by atoms with E-state index in [1.165, 1.54) is 0 Å². The zero-order valence-corrected chi connectivity index (χ0v) is 7.42. The van der Waals surface area contributed by atoms with Crippen LogP contribution in [0.5, 0.6) is 11.6 Å². The van der Waals surface area contributed by atoms with Gasteiger partial charge in [-0.3, -0.25) is 0 Å². The van der Waals surface area contributed by atoms with E-state index < -0.39 is 35.7 Å². The summed E-state index contributed by atoms with van der Waals surface area (Å²) in [4.78, 5) is 2.89. The molecule has 0 amide bonds. The Morgan fingerprint density at radius 2 is 1.94 bits per heavy atom. The van der Waals surface area contributed by atoms with Gasteiger partial charge in [-0.25, -0.2) is 13.8 Å². The Labute approximate surface area is 85.5 Å². The summed E-state index contributed by atoms with van der Waals surface area (Å²) < 4.78 is 63.4. The lowest BCUT2D eigenvalue weighted by Crippen LogP contribution is -2.19. The van der Waals surface area contributed by atoms with Crippen molar-refractivity contribution < 1.29 is 31.8 Å². The zero-order valence-electron chi connectivity index (χ0n) is 7.42. The highest BCUT2D eigenvalue weighted by Crippen LogP contribution is 2.38. The number of nitrogens with zero attached hydrogens (tertiary/aromatic N) is 1. The Morgan fingerprint density at radius 3 is 2.38 bits per heavy atom. The monoisotopic (exact) mass is 244 g/mol. The maximum absolute atomic E-state index is 12.4. The number of nitrogen functional groups attached to an aromatic ring is 1. The molecule has 90 valence electrons. The number of hydrogen-bond acceptors (Lipinski definition) is 4. The topological polar surface area (TPSA) is 68.4 Å². The second-order valence-electron chi connectivity index (χ2n) is 2.62. The van der Waals surface area contributed by atoms with Gasteiger partial charge in [0.05, 0.1) is 11.9 Å². The number of hydrogen-bond donors (Lipinski definition) is 2. The van der Waals surface area contributed by atoms with Gasteiger partial charge in [-0.15, -0.1) is 13.2 Å². The number of nitrogens with two attached hydrogens (primary N) is 1. The zero-order chi connectivity index (χ0) is 12.5. The lowest BCUT2D eigenvalue weighted by molar-refractivity contribution is -0.276. The number of alkyl halides is 5. The molecule has 0 aliphatic carbocycles. The van der Waals surface area contributed by atoms with E-state index in [-0.39, 0.29) is 0 Å². The van der Waals surface area contributed by atoms with Crippen molar-refractivity contribution >= 4 is 5.69 Å². The molecule has 1 rings (SSSR count). The molecule has 0 aliphatic heterocycles. The van der Waals surface area contributed by atoms with E-state index in [4.69, 9.17) is 10.8 Å². The number of ether oxygens (including phenoxy) is 1. The molecule has 0 fully saturated rings. The fraction of sp³-hybridized carbons (Fsp3) is 0.286. The van der Waals surface area contributed by atoms with Crippen LogP contribution in [0, 0.1) is 0 Å². The molecule has 9 heteroatoms. The maximum atomic E-state index is 12.4. The van der Waals surface area contributed by atoms with Crippen molar-refractivity contribution in [2.75, 3.05) is 5.73 Å². The minimum Gasteiger partial charge on any atom is -0.504 e. The average molecular weight is 244 g/mol. The molecule has 0 saturated carbocycles. The van der Waals surface area contributed by atoms with Crippen molar-refractivity contribution in [1.29, 1.82) is 0 Å². The van der Waals surface area contributed by atoms with Crippen LogP contribution >= 0.6 is 0 Å². The van der Waals surface area contributed by atoms with Crippen molar-refractivity contribution in [1.82, 2.24) is 4.98 Å². The summed E-state index contributed by atoms with van der Waals surface area (Å²) in [5.41, 5.74) is 2.79. The molecular formula is C7H5F5N2O2. The molecule has 0 radical (unpaired) electrons. The number of pyridine rings is 1. The van der Waals surface area contributed by atoms with Crippen LogP contribution in [0.25, 0.3) is 0 Å². The molecule has 3 N–H and O–H groups in total. The van der Waals surface area contributed by atoms with Crippen molar-refractivity contribution in [3.63, 3.8) is 0 Å². The summed E-state index contributed by atoms with van der Waals surface area (Å²) in [6.07, 6.45) is -8.03. The Morgan fingerprint density at radius 1 is 1.38 bits per heavy atom. The number of rotatable bonds is 2. The van der Waals surface area contributed by atoms with Crippen LogP contribution in [-0.2, 0) is 0 Å². The van der Waals surface area contributed by atoms with Gasteiger partial charge in [-0.1, -0.05) is 0 Å². The van der Waals surface area contributed by atoms with E-state index in [0.717, 1.165) is 0 Å². The Hall–Kier alpha value is -1.80. The van der Waals surface area contributed by atoms with E-state index in [2.05, 4.69) is 9.72 Å². The van der Waals surface area contributed by atoms with Gasteiger partial charge in [0.15, 0.2) is 5.75 Å². The summed E-state index contributed by atoms with van der Waals surface area (Å²) in [6.45, 7) is 0.